The van der Waals surface area contributed by atoms with Crippen LogP contribution in [-0.4, -0.2) is 9.19 Å². The smallest absolute Gasteiger partial charge is 0.122 e. The number of hydrogen-bond acceptors (Lipinski definition) is 1. The van der Waals surface area contributed by atoms with E-state index in [2.05, 4.69) is 4.98 Å². The number of aromatic amines is 1. The molecule has 2 aromatic rings. The number of nitrogens with one attached hydrogen (secondary N) is 1. The third-order valence-electron chi connectivity index (χ3n) is 2.09. The average Bonchev–Trinajstić information content (AvgIpc) is 2.47. The number of nitrogens with two attached hydrogens (primary N) is 1. The molecule has 1 aromatic carbocycles. The monoisotopic (exact) mass is 194 g/mol. The van der Waals surface area contributed by atoms with Gasteiger partial charge in [0.05, 0.1) is 4.90 Å². The van der Waals surface area contributed by atoms with Crippen LogP contribution in [0.1, 0.15) is 5.56 Å². The van der Waals surface area contributed by atoms with Crippen LogP contribution in [-0.2, 0) is 11.0 Å². The maximum absolute atomic E-state index is 11.0. The van der Waals surface area contributed by atoms with Crippen LogP contribution in [0.25, 0.3) is 10.9 Å². The Kier molecular flexibility index (Phi) is 1.94. The lowest BCUT2D eigenvalue weighted by atomic mass is 10.2. The molecule has 68 valence electrons. The van der Waals surface area contributed by atoms with E-state index < -0.39 is 11.0 Å². The molecule has 2 rings (SSSR count). The van der Waals surface area contributed by atoms with Gasteiger partial charge in [-0.1, -0.05) is 0 Å². The van der Waals surface area contributed by atoms with E-state index in [9.17, 15) is 4.21 Å². The fourth-order valence-electron chi connectivity index (χ4n) is 1.36. The Bertz CT molecular complexity index is 475. The highest BCUT2D eigenvalue weighted by Crippen LogP contribution is 2.19. The second kappa shape index (κ2) is 2.97. The quantitative estimate of drug-likeness (QED) is 0.709. The van der Waals surface area contributed by atoms with Crippen molar-refractivity contribution in [2.24, 2.45) is 5.14 Å². The minimum atomic E-state index is -1.39. The van der Waals surface area contributed by atoms with Crippen LogP contribution in [0.5, 0.6) is 0 Å². The fourth-order valence-corrected chi connectivity index (χ4v) is 1.80. The standard InChI is InChI=1S/C9H10N2OS/c1-6-5-11-9-3-2-7(13(10)12)4-8(6)9/h2-5,11H,10H2,1H3. The van der Waals surface area contributed by atoms with E-state index in [0.29, 0.717) is 4.90 Å². The first-order chi connectivity index (χ1) is 6.18. The summed E-state index contributed by atoms with van der Waals surface area (Å²) in [5.74, 6) is 0. The second-order valence-corrected chi connectivity index (χ2v) is 4.04. The zero-order valence-corrected chi connectivity index (χ0v) is 8.02. The topological polar surface area (TPSA) is 58.9 Å². The lowest BCUT2D eigenvalue weighted by Crippen LogP contribution is -2.01. The van der Waals surface area contributed by atoms with Gasteiger partial charge in [0.25, 0.3) is 0 Å². The lowest BCUT2D eigenvalue weighted by molar-refractivity contribution is 0.684. The summed E-state index contributed by atoms with van der Waals surface area (Å²) in [6.45, 7) is 2.00. The first-order valence-electron chi connectivity index (χ1n) is 3.92. The number of H-pyrrole nitrogens is 1. The van der Waals surface area contributed by atoms with E-state index in [4.69, 9.17) is 5.14 Å². The molecule has 0 aliphatic heterocycles. The SMILES string of the molecule is Cc1c[nH]c2ccc(S(N)=O)cc12. The van der Waals surface area contributed by atoms with Gasteiger partial charge in [0, 0.05) is 17.1 Å². The Hall–Kier alpha value is -1.13. The zero-order valence-electron chi connectivity index (χ0n) is 7.20. The Morgan fingerprint density at radius 3 is 2.92 bits per heavy atom. The van der Waals surface area contributed by atoms with E-state index in [1.54, 1.807) is 6.07 Å². The molecular formula is C9H10N2OS. The van der Waals surface area contributed by atoms with Gasteiger partial charge in [-0.3, -0.25) is 0 Å². The summed E-state index contributed by atoms with van der Waals surface area (Å²) < 4.78 is 11.0. The van der Waals surface area contributed by atoms with Crippen molar-refractivity contribution < 1.29 is 4.21 Å². The van der Waals surface area contributed by atoms with Gasteiger partial charge in [-0.25, -0.2) is 9.35 Å². The maximum Gasteiger partial charge on any atom is 0.122 e. The fraction of sp³-hybridized carbons (Fsp3) is 0.111. The molecule has 0 amide bonds. The van der Waals surface area contributed by atoms with E-state index in [-0.39, 0.29) is 0 Å². The van der Waals surface area contributed by atoms with Crippen LogP contribution in [0.3, 0.4) is 0 Å². The molecule has 0 saturated heterocycles. The second-order valence-electron chi connectivity index (χ2n) is 2.98. The van der Waals surface area contributed by atoms with Crippen molar-refractivity contribution >= 4 is 21.9 Å². The van der Waals surface area contributed by atoms with E-state index in [0.717, 1.165) is 16.5 Å². The van der Waals surface area contributed by atoms with Crippen LogP contribution >= 0.6 is 0 Å². The summed E-state index contributed by atoms with van der Waals surface area (Å²) in [4.78, 5) is 3.78. The van der Waals surface area contributed by atoms with Crippen LogP contribution in [0.4, 0.5) is 0 Å². The molecule has 0 aliphatic rings. The Morgan fingerprint density at radius 2 is 2.23 bits per heavy atom. The Morgan fingerprint density at radius 1 is 1.46 bits per heavy atom. The molecule has 0 aliphatic carbocycles. The summed E-state index contributed by atoms with van der Waals surface area (Å²) in [7, 11) is -1.39. The molecule has 3 N–H and O–H groups in total. The minimum absolute atomic E-state index is 0.662. The van der Waals surface area contributed by atoms with Crippen molar-refractivity contribution in [2.75, 3.05) is 0 Å². The molecule has 1 unspecified atom stereocenters. The van der Waals surface area contributed by atoms with Gasteiger partial charge in [0.2, 0.25) is 0 Å². The minimum Gasteiger partial charge on any atom is -0.361 e. The van der Waals surface area contributed by atoms with Crippen molar-refractivity contribution in [1.82, 2.24) is 4.98 Å². The maximum atomic E-state index is 11.0. The number of aryl methyl sites for hydroxylation is 1. The van der Waals surface area contributed by atoms with E-state index in [1.165, 1.54) is 0 Å². The summed E-state index contributed by atoms with van der Waals surface area (Å²) in [6, 6.07) is 5.52. The molecule has 0 bridgehead atoms. The van der Waals surface area contributed by atoms with Crippen molar-refractivity contribution in [3.05, 3.63) is 30.0 Å². The number of aromatic nitrogens is 1. The van der Waals surface area contributed by atoms with Gasteiger partial charge < -0.3 is 4.98 Å². The van der Waals surface area contributed by atoms with Gasteiger partial charge >= 0.3 is 0 Å². The van der Waals surface area contributed by atoms with Crippen molar-refractivity contribution in [3.8, 4) is 0 Å². The van der Waals surface area contributed by atoms with Gasteiger partial charge in [-0.15, -0.1) is 0 Å². The highest BCUT2D eigenvalue weighted by molar-refractivity contribution is 7.82. The zero-order chi connectivity index (χ0) is 9.42. The number of hydrogen-bond donors (Lipinski definition) is 2. The molecular weight excluding hydrogens is 184 g/mol. The molecule has 0 saturated carbocycles. The molecule has 13 heavy (non-hydrogen) atoms. The molecule has 0 spiro atoms. The van der Waals surface area contributed by atoms with Crippen molar-refractivity contribution in [2.45, 2.75) is 11.8 Å². The first kappa shape index (κ1) is 8.47. The van der Waals surface area contributed by atoms with Crippen LogP contribution in [0, 0.1) is 6.92 Å². The Balaban J connectivity index is 2.72. The first-order valence-corrected chi connectivity index (χ1v) is 5.13. The third kappa shape index (κ3) is 1.38. The van der Waals surface area contributed by atoms with Crippen molar-refractivity contribution in [1.29, 1.82) is 0 Å². The van der Waals surface area contributed by atoms with Crippen LogP contribution in [0.15, 0.2) is 29.3 Å². The number of benzene rings is 1. The predicted octanol–water partition coefficient (Wildman–Crippen LogP) is 1.46. The molecule has 4 heteroatoms. The van der Waals surface area contributed by atoms with Gasteiger partial charge in [0.1, 0.15) is 11.0 Å². The largest absolute Gasteiger partial charge is 0.361 e. The predicted molar refractivity (Wildman–Crippen MR) is 53.6 cm³/mol. The van der Waals surface area contributed by atoms with Gasteiger partial charge in [-0.2, -0.15) is 0 Å². The number of rotatable bonds is 1. The highest BCUT2D eigenvalue weighted by atomic mass is 32.2. The summed E-state index contributed by atoms with van der Waals surface area (Å²) in [5.41, 5.74) is 2.19. The Labute approximate surface area is 78.5 Å². The highest BCUT2D eigenvalue weighted by Gasteiger charge is 2.02. The lowest BCUT2D eigenvalue weighted by Gasteiger charge is -1.96. The third-order valence-corrected chi connectivity index (χ3v) is 2.81. The normalized spacial score (nSPS) is 13.4. The summed E-state index contributed by atoms with van der Waals surface area (Å²) in [5, 5.41) is 6.37. The molecule has 0 radical (unpaired) electrons. The van der Waals surface area contributed by atoms with Crippen molar-refractivity contribution in [3.63, 3.8) is 0 Å². The van der Waals surface area contributed by atoms with E-state index in [1.807, 2.05) is 25.3 Å². The van der Waals surface area contributed by atoms with Crippen LogP contribution < -0.4 is 5.14 Å². The summed E-state index contributed by atoms with van der Waals surface area (Å²) in [6.07, 6.45) is 1.92. The molecule has 0 fully saturated rings. The molecule has 1 aromatic heterocycles. The average molecular weight is 194 g/mol. The van der Waals surface area contributed by atoms with Crippen LogP contribution in [0.2, 0.25) is 0 Å². The molecule has 3 nitrogen and oxygen atoms in total. The molecule has 1 atom stereocenters. The van der Waals surface area contributed by atoms with E-state index >= 15 is 0 Å². The molecule has 1 heterocycles. The summed E-state index contributed by atoms with van der Waals surface area (Å²) >= 11 is 0. The van der Waals surface area contributed by atoms with Gasteiger partial charge in [-0.05, 0) is 30.7 Å². The number of fused-ring (bicyclic) bond motifs is 1. The van der Waals surface area contributed by atoms with Gasteiger partial charge in [0.15, 0.2) is 0 Å².